The number of rotatable bonds is 1. The smallest absolute Gasteiger partial charge is 0.264 e. The van der Waals surface area contributed by atoms with Gasteiger partial charge in [0.15, 0.2) is 0 Å². The number of carbonyl (C=O) groups is 1. The Morgan fingerprint density at radius 3 is 2.75 bits per heavy atom. The average molecular weight is 254 g/mol. The van der Waals surface area contributed by atoms with Crippen molar-refractivity contribution in [3.05, 3.63) is 21.9 Å². The predicted molar refractivity (Wildman–Crippen MR) is 62.8 cm³/mol. The van der Waals surface area contributed by atoms with Gasteiger partial charge >= 0.3 is 0 Å². The molecule has 0 N–H and O–H groups in total. The van der Waals surface area contributed by atoms with Crippen molar-refractivity contribution in [1.29, 1.82) is 5.26 Å². The number of hydrogen-bond donors (Lipinski definition) is 0. The summed E-state index contributed by atoms with van der Waals surface area (Å²) >= 11 is 1.29. The van der Waals surface area contributed by atoms with Crippen molar-refractivity contribution in [3.8, 4) is 6.07 Å². The van der Waals surface area contributed by atoms with E-state index in [1.807, 2.05) is 6.07 Å². The van der Waals surface area contributed by atoms with Crippen LogP contribution in [-0.4, -0.2) is 39.6 Å². The van der Waals surface area contributed by atoms with Crippen molar-refractivity contribution in [2.24, 2.45) is 0 Å². The Labute approximate surface area is 99.9 Å². The first-order chi connectivity index (χ1) is 7.70. The Morgan fingerprint density at radius 2 is 2.19 bits per heavy atom. The monoisotopic (exact) mass is 254 g/mol. The Bertz CT molecular complexity index is 465. The third-order valence-electron chi connectivity index (χ3n) is 2.40. The Morgan fingerprint density at radius 1 is 1.50 bits per heavy atom. The van der Waals surface area contributed by atoms with E-state index in [-0.39, 0.29) is 5.91 Å². The highest BCUT2D eigenvalue weighted by atomic mass is 32.2. The van der Waals surface area contributed by atoms with Crippen molar-refractivity contribution < 1.29 is 9.00 Å². The summed E-state index contributed by atoms with van der Waals surface area (Å²) in [5.74, 6) is 1.06. The van der Waals surface area contributed by atoms with Gasteiger partial charge in [-0.3, -0.25) is 9.00 Å². The van der Waals surface area contributed by atoms with Gasteiger partial charge in [-0.15, -0.1) is 11.3 Å². The molecule has 0 radical (unpaired) electrons. The standard InChI is InChI=1S/C10H10N2O2S2/c11-6-8-5-9(15-7-8)10(13)12-1-3-16(14)4-2-12/h5,7H,1-4H2. The maximum atomic E-state index is 12.0. The molecular formula is C10H10N2O2S2. The second-order valence-corrected chi connectivity index (χ2v) is 6.06. The molecule has 6 heteroatoms. The van der Waals surface area contributed by atoms with Crippen LogP contribution in [-0.2, 0) is 10.8 Å². The van der Waals surface area contributed by atoms with Gasteiger partial charge in [-0.1, -0.05) is 0 Å². The van der Waals surface area contributed by atoms with Crippen LogP contribution in [0.1, 0.15) is 15.2 Å². The molecule has 1 saturated heterocycles. The van der Waals surface area contributed by atoms with Gasteiger partial charge in [0.05, 0.1) is 10.4 Å². The van der Waals surface area contributed by atoms with E-state index < -0.39 is 10.8 Å². The summed E-state index contributed by atoms with van der Waals surface area (Å²) in [7, 11) is -0.773. The van der Waals surface area contributed by atoms with E-state index >= 15 is 0 Å². The van der Waals surface area contributed by atoms with Crippen LogP contribution >= 0.6 is 11.3 Å². The maximum Gasteiger partial charge on any atom is 0.264 e. The van der Waals surface area contributed by atoms with Crippen molar-refractivity contribution >= 4 is 28.0 Å². The number of nitrogens with zero attached hydrogens (tertiary/aromatic N) is 2. The summed E-state index contributed by atoms with van der Waals surface area (Å²) in [5.41, 5.74) is 0.522. The van der Waals surface area contributed by atoms with Crippen molar-refractivity contribution in [1.82, 2.24) is 4.90 Å². The lowest BCUT2D eigenvalue weighted by Crippen LogP contribution is -2.41. The summed E-state index contributed by atoms with van der Waals surface area (Å²) in [6, 6.07) is 3.61. The van der Waals surface area contributed by atoms with Gasteiger partial charge in [0, 0.05) is 40.8 Å². The molecule has 1 aliphatic rings. The number of nitriles is 1. The van der Waals surface area contributed by atoms with Gasteiger partial charge in [0.25, 0.3) is 5.91 Å². The lowest BCUT2D eigenvalue weighted by molar-refractivity contribution is 0.0776. The largest absolute Gasteiger partial charge is 0.336 e. The molecule has 2 rings (SSSR count). The highest BCUT2D eigenvalue weighted by molar-refractivity contribution is 7.85. The quantitative estimate of drug-likeness (QED) is 0.745. The van der Waals surface area contributed by atoms with E-state index in [0.29, 0.717) is 35.0 Å². The van der Waals surface area contributed by atoms with E-state index in [0.717, 1.165) is 0 Å². The number of carbonyl (C=O) groups excluding carboxylic acids is 1. The van der Waals surface area contributed by atoms with E-state index in [1.165, 1.54) is 11.3 Å². The van der Waals surface area contributed by atoms with Crippen LogP contribution in [0.3, 0.4) is 0 Å². The molecule has 4 nitrogen and oxygen atoms in total. The molecule has 1 fully saturated rings. The first-order valence-electron chi connectivity index (χ1n) is 4.83. The SMILES string of the molecule is N#Cc1csc(C(=O)N2CCS(=O)CC2)c1. The van der Waals surface area contributed by atoms with Crippen molar-refractivity contribution in [2.75, 3.05) is 24.6 Å². The van der Waals surface area contributed by atoms with Crippen molar-refractivity contribution in [2.45, 2.75) is 0 Å². The van der Waals surface area contributed by atoms with Gasteiger partial charge in [0.2, 0.25) is 0 Å². The summed E-state index contributed by atoms with van der Waals surface area (Å²) in [4.78, 5) is 14.3. The number of thiophene rings is 1. The zero-order valence-corrected chi connectivity index (χ0v) is 10.1. The van der Waals surface area contributed by atoms with E-state index in [9.17, 15) is 9.00 Å². The molecule has 0 aromatic carbocycles. The fourth-order valence-corrected chi connectivity index (χ4v) is 3.36. The van der Waals surface area contributed by atoms with Gasteiger partial charge in [-0.2, -0.15) is 5.26 Å². The van der Waals surface area contributed by atoms with E-state index in [4.69, 9.17) is 5.26 Å². The lowest BCUT2D eigenvalue weighted by Gasteiger charge is -2.25. The zero-order chi connectivity index (χ0) is 11.5. The lowest BCUT2D eigenvalue weighted by atomic mass is 10.3. The van der Waals surface area contributed by atoms with Crippen LogP contribution in [0.2, 0.25) is 0 Å². The minimum absolute atomic E-state index is 0.0526. The predicted octanol–water partition coefficient (Wildman–Crippen LogP) is 0.824. The molecule has 1 aromatic rings. The highest BCUT2D eigenvalue weighted by Crippen LogP contribution is 2.17. The van der Waals surface area contributed by atoms with E-state index in [1.54, 1.807) is 16.3 Å². The molecule has 16 heavy (non-hydrogen) atoms. The van der Waals surface area contributed by atoms with Crippen LogP contribution in [0.4, 0.5) is 0 Å². The van der Waals surface area contributed by atoms with Crippen LogP contribution in [0.5, 0.6) is 0 Å². The fraction of sp³-hybridized carbons (Fsp3) is 0.400. The molecule has 0 unspecified atom stereocenters. The summed E-state index contributed by atoms with van der Waals surface area (Å²) in [6.45, 7) is 1.09. The second kappa shape index (κ2) is 4.76. The van der Waals surface area contributed by atoms with Crippen LogP contribution in [0, 0.1) is 11.3 Å². The molecule has 0 saturated carbocycles. The molecule has 2 heterocycles. The third-order valence-corrected chi connectivity index (χ3v) is 4.60. The minimum atomic E-state index is -0.773. The van der Waals surface area contributed by atoms with Gasteiger partial charge in [0.1, 0.15) is 6.07 Å². The number of amides is 1. The highest BCUT2D eigenvalue weighted by Gasteiger charge is 2.22. The van der Waals surface area contributed by atoms with Gasteiger partial charge in [-0.25, -0.2) is 0 Å². The zero-order valence-electron chi connectivity index (χ0n) is 8.51. The fourth-order valence-electron chi connectivity index (χ4n) is 1.50. The van der Waals surface area contributed by atoms with Crippen molar-refractivity contribution in [3.63, 3.8) is 0 Å². The maximum absolute atomic E-state index is 12.0. The van der Waals surface area contributed by atoms with Crippen LogP contribution in [0.25, 0.3) is 0 Å². The molecule has 84 valence electrons. The first kappa shape index (κ1) is 11.3. The average Bonchev–Trinajstić information content (AvgIpc) is 2.77. The molecule has 0 aliphatic carbocycles. The normalized spacial score (nSPS) is 17.1. The topological polar surface area (TPSA) is 61.2 Å². The Kier molecular flexibility index (Phi) is 3.36. The first-order valence-corrected chi connectivity index (χ1v) is 7.20. The molecule has 0 spiro atoms. The van der Waals surface area contributed by atoms with Gasteiger partial charge in [-0.05, 0) is 6.07 Å². The van der Waals surface area contributed by atoms with Gasteiger partial charge < -0.3 is 4.90 Å². The molecule has 0 atom stereocenters. The minimum Gasteiger partial charge on any atom is -0.336 e. The number of hydrogen-bond acceptors (Lipinski definition) is 4. The molecule has 1 aliphatic heterocycles. The van der Waals surface area contributed by atoms with Crippen LogP contribution < -0.4 is 0 Å². The summed E-state index contributed by atoms with van der Waals surface area (Å²) in [6.07, 6.45) is 0. The van der Waals surface area contributed by atoms with Crippen LogP contribution in [0.15, 0.2) is 11.4 Å². The van der Waals surface area contributed by atoms with E-state index in [2.05, 4.69) is 0 Å². The Hall–Kier alpha value is -1.19. The molecule has 0 bridgehead atoms. The summed E-state index contributed by atoms with van der Waals surface area (Å²) < 4.78 is 11.2. The second-order valence-electron chi connectivity index (χ2n) is 3.45. The molecular weight excluding hydrogens is 244 g/mol. The summed E-state index contributed by atoms with van der Waals surface area (Å²) in [5, 5.41) is 10.3. The Balaban J connectivity index is 2.08. The molecule has 1 amide bonds. The third kappa shape index (κ3) is 2.31. The molecule has 1 aromatic heterocycles.